The van der Waals surface area contributed by atoms with Gasteiger partial charge in [0.1, 0.15) is 5.75 Å². The summed E-state index contributed by atoms with van der Waals surface area (Å²) in [6.45, 7) is 0. The van der Waals surface area contributed by atoms with Gasteiger partial charge in [0.05, 0.1) is 22.3 Å². The molecule has 0 saturated carbocycles. The van der Waals surface area contributed by atoms with Crippen LogP contribution in [-0.2, 0) is 11.0 Å². The lowest BCUT2D eigenvalue weighted by Crippen LogP contribution is -2.33. The van der Waals surface area contributed by atoms with Gasteiger partial charge in [-0.2, -0.15) is 13.2 Å². The van der Waals surface area contributed by atoms with Crippen LogP contribution in [0.1, 0.15) is 36.6 Å². The van der Waals surface area contributed by atoms with Crippen molar-refractivity contribution in [1.82, 2.24) is 5.06 Å². The Morgan fingerprint density at radius 1 is 0.862 bits per heavy atom. The van der Waals surface area contributed by atoms with Gasteiger partial charge < -0.3 is 9.57 Å². The molecule has 2 aromatic carbocycles. The van der Waals surface area contributed by atoms with Crippen LogP contribution < -0.4 is 4.74 Å². The van der Waals surface area contributed by atoms with Crippen molar-refractivity contribution in [2.45, 2.75) is 12.5 Å². The Morgan fingerprint density at radius 2 is 1.41 bits per heavy atom. The third-order valence-corrected chi connectivity index (χ3v) is 3.68. The van der Waals surface area contributed by atoms with E-state index >= 15 is 0 Å². The standard InChI is InChI=1S/C17H7F6NO5/c18-16(19,20)12-7-8(28-17(21,22)23)5-6-11(12)15(27)29-24-13(25)9-3-1-2-4-10(9)14(24)26/h1-7H. The van der Waals surface area contributed by atoms with Crippen molar-refractivity contribution < 1.29 is 50.3 Å². The quantitative estimate of drug-likeness (QED) is 0.556. The zero-order valence-electron chi connectivity index (χ0n) is 13.8. The van der Waals surface area contributed by atoms with Gasteiger partial charge in [0.15, 0.2) is 0 Å². The highest BCUT2D eigenvalue weighted by atomic mass is 19.4. The number of imide groups is 1. The lowest BCUT2D eigenvalue weighted by atomic mass is 10.1. The number of carbonyl (C=O) groups is 3. The molecule has 6 nitrogen and oxygen atoms in total. The summed E-state index contributed by atoms with van der Waals surface area (Å²) in [5.74, 6) is -5.15. The van der Waals surface area contributed by atoms with E-state index in [1.54, 1.807) is 0 Å². The van der Waals surface area contributed by atoms with Crippen molar-refractivity contribution in [3.8, 4) is 5.75 Å². The van der Waals surface area contributed by atoms with Crippen LogP contribution in [0.15, 0.2) is 42.5 Å². The number of halogens is 6. The minimum atomic E-state index is -5.26. The van der Waals surface area contributed by atoms with E-state index in [0.29, 0.717) is 12.1 Å². The summed E-state index contributed by atoms with van der Waals surface area (Å²) >= 11 is 0. The zero-order chi connectivity index (χ0) is 21.6. The molecule has 0 N–H and O–H groups in total. The molecule has 3 rings (SSSR count). The number of fused-ring (bicyclic) bond motifs is 1. The van der Waals surface area contributed by atoms with Gasteiger partial charge in [-0.1, -0.05) is 17.2 Å². The zero-order valence-corrected chi connectivity index (χ0v) is 13.8. The van der Waals surface area contributed by atoms with Gasteiger partial charge in [-0.3, -0.25) is 9.59 Å². The Balaban J connectivity index is 1.92. The van der Waals surface area contributed by atoms with Crippen LogP contribution in [0.25, 0.3) is 0 Å². The van der Waals surface area contributed by atoms with Crippen LogP contribution in [0.3, 0.4) is 0 Å². The number of amides is 2. The molecule has 0 radical (unpaired) electrons. The molecule has 1 heterocycles. The second-order valence-corrected chi connectivity index (χ2v) is 5.58. The molecule has 2 amide bonds. The highest BCUT2D eigenvalue weighted by Crippen LogP contribution is 2.36. The first-order valence-electron chi connectivity index (χ1n) is 7.55. The number of hydrogen-bond donors (Lipinski definition) is 0. The molecule has 0 fully saturated rings. The predicted octanol–water partition coefficient (Wildman–Crippen LogP) is 3.97. The number of hydrogen-bond acceptors (Lipinski definition) is 5. The molecular weight excluding hydrogens is 412 g/mol. The van der Waals surface area contributed by atoms with Crippen LogP contribution in [0.5, 0.6) is 5.75 Å². The topological polar surface area (TPSA) is 72.9 Å². The first kappa shape index (κ1) is 20.2. The number of rotatable bonds is 3. The summed E-state index contributed by atoms with van der Waals surface area (Å²) < 4.78 is 79.8. The molecule has 0 unspecified atom stereocenters. The molecule has 1 aliphatic rings. The fraction of sp³-hybridized carbons (Fsp3) is 0.118. The van der Waals surface area contributed by atoms with Gasteiger partial charge in [0.25, 0.3) is 11.8 Å². The van der Waals surface area contributed by atoms with Gasteiger partial charge >= 0.3 is 18.5 Å². The van der Waals surface area contributed by atoms with Crippen molar-refractivity contribution in [2.75, 3.05) is 0 Å². The predicted molar refractivity (Wildman–Crippen MR) is 80.5 cm³/mol. The van der Waals surface area contributed by atoms with Crippen LogP contribution >= 0.6 is 0 Å². The highest BCUT2D eigenvalue weighted by Gasteiger charge is 2.42. The molecule has 0 spiro atoms. The molecule has 152 valence electrons. The molecule has 0 atom stereocenters. The van der Waals surface area contributed by atoms with E-state index in [1.807, 2.05) is 0 Å². The first-order chi connectivity index (χ1) is 13.4. The maximum absolute atomic E-state index is 13.2. The SMILES string of the molecule is O=C(ON1C(=O)c2ccccc2C1=O)c1ccc(OC(F)(F)F)cc1C(F)(F)F. The van der Waals surface area contributed by atoms with Crippen LogP contribution in [0.4, 0.5) is 26.3 Å². The second kappa shape index (κ2) is 6.79. The van der Waals surface area contributed by atoms with E-state index in [4.69, 9.17) is 0 Å². The van der Waals surface area contributed by atoms with Gasteiger partial charge in [-0.25, -0.2) is 4.79 Å². The average Bonchev–Trinajstić information content (AvgIpc) is 2.85. The molecule has 2 aromatic rings. The van der Waals surface area contributed by atoms with Crippen molar-refractivity contribution in [1.29, 1.82) is 0 Å². The van der Waals surface area contributed by atoms with Gasteiger partial charge in [0, 0.05) is 0 Å². The van der Waals surface area contributed by atoms with Gasteiger partial charge in [-0.05, 0) is 30.3 Å². The Bertz CT molecular complexity index is 979. The molecule has 0 bridgehead atoms. The fourth-order valence-corrected chi connectivity index (χ4v) is 2.52. The summed E-state index contributed by atoms with van der Waals surface area (Å²) in [4.78, 5) is 40.9. The van der Waals surface area contributed by atoms with Crippen molar-refractivity contribution >= 4 is 17.8 Å². The third kappa shape index (κ3) is 4.00. The maximum atomic E-state index is 13.2. The summed E-state index contributed by atoms with van der Waals surface area (Å²) in [5.41, 5.74) is -3.28. The molecule has 0 aromatic heterocycles. The molecule has 1 aliphatic heterocycles. The molecule has 29 heavy (non-hydrogen) atoms. The van der Waals surface area contributed by atoms with E-state index < -0.39 is 47.2 Å². The smallest absolute Gasteiger partial charge is 0.406 e. The third-order valence-electron chi connectivity index (χ3n) is 3.68. The van der Waals surface area contributed by atoms with E-state index in [0.717, 1.165) is 0 Å². The van der Waals surface area contributed by atoms with Crippen LogP contribution in [0.2, 0.25) is 0 Å². The van der Waals surface area contributed by atoms with Crippen LogP contribution in [-0.4, -0.2) is 29.2 Å². The minimum absolute atomic E-state index is 0.0206. The summed E-state index contributed by atoms with van der Waals surface area (Å²) in [6.07, 6.45) is -10.5. The average molecular weight is 419 g/mol. The molecular formula is C17H7F6NO5. The summed E-state index contributed by atoms with van der Waals surface area (Å²) in [5, 5.41) is -0.0206. The van der Waals surface area contributed by atoms with E-state index in [1.165, 1.54) is 24.3 Å². The number of ether oxygens (including phenoxy) is 1. The Kier molecular flexibility index (Phi) is 4.73. The minimum Gasteiger partial charge on any atom is -0.406 e. The highest BCUT2D eigenvalue weighted by molar-refractivity contribution is 6.21. The Labute approximate surface area is 157 Å². The van der Waals surface area contributed by atoms with Gasteiger partial charge in [-0.15, -0.1) is 13.2 Å². The first-order valence-corrected chi connectivity index (χ1v) is 7.55. The lowest BCUT2D eigenvalue weighted by Gasteiger charge is -2.17. The normalized spacial score (nSPS) is 14.1. The maximum Gasteiger partial charge on any atom is 0.573 e. The molecule has 0 saturated heterocycles. The second-order valence-electron chi connectivity index (χ2n) is 5.58. The van der Waals surface area contributed by atoms with Gasteiger partial charge in [0.2, 0.25) is 0 Å². The van der Waals surface area contributed by atoms with Crippen molar-refractivity contribution in [3.05, 3.63) is 64.7 Å². The largest absolute Gasteiger partial charge is 0.573 e. The Hall–Kier alpha value is -3.57. The van der Waals surface area contributed by atoms with Crippen LogP contribution in [0, 0.1) is 0 Å². The van der Waals surface area contributed by atoms with Crippen molar-refractivity contribution in [2.24, 2.45) is 0 Å². The van der Waals surface area contributed by atoms with E-state index in [2.05, 4.69) is 9.57 Å². The van der Waals surface area contributed by atoms with Crippen molar-refractivity contribution in [3.63, 3.8) is 0 Å². The summed E-state index contributed by atoms with van der Waals surface area (Å²) in [7, 11) is 0. The fourth-order valence-electron chi connectivity index (χ4n) is 2.52. The number of nitrogens with zero attached hydrogens (tertiary/aromatic N) is 1. The summed E-state index contributed by atoms with van der Waals surface area (Å²) in [6, 6.07) is 6.10. The Morgan fingerprint density at radius 3 is 1.90 bits per heavy atom. The molecule has 0 aliphatic carbocycles. The number of alkyl halides is 6. The number of carbonyl (C=O) groups excluding carboxylic acids is 3. The number of benzene rings is 2. The lowest BCUT2D eigenvalue weighted by molar-refractivity contribution is -0.274. The molecule has 12 heteroatoms. The van der Waals surface area contributed by atoms with E-state index in [-0.39, 0.29) is 22.3 Å². The van der Waals surface area contributed by atoms with E-state index in [9.17, 15) is 40.7 Å². The number of hydroxylamine groups is 2. The monoisotopic (exact) mass is 419 g/mol.